The summed E-state index contributed by atoms with van der Waals surface area (Å²) >= 11 is 1.76. The van der Waals surface area contributed by atoms with E-state index in [0.717, 1.165) is 12.8 Å². The molecule has 1 aromatic rings. The molecule has 1 aliphatic rings. The predicted molar refractivity (Wildman–Crippen MR) is 68.1 cm³/mol. The van der Waals surface area contributed by atoms with Gasteiger partial charge in [-0.25, -0.2) is 0 Å². The second kappa shape index (κ2) is 5.61. The van der Waals surface area contributed by atoms with Crippen LogP contribution in [0.4, 0.5) is 13.2 Å². The maximum Gasteiger partial charge on any atom is 0.390 e. The maximum atomic E-state index is 12.1. The number of hydrogen-bond acceptors (Lipinski definition) is 2. The van der Waals surface area contributed by atoms with Crippen molar-refractivity contribution in [3.63, 3.8) is 0 Å². The highest BCUT2D eigenvalue weighted by atomic mass is 32.1. The van der Waals surface area contributed by atoms with E-state index in [0.29, 0.717) is 0 Å². The lowest BCUT2D eigenvalue weighted by molar-refractivity contribution is -0.133. The first kappa shape index (κ1) is 13.9. The summed E-state index contributed by atoms with van der Waals surface area (Å²) in [5.41, 5.74) is 1.41. The Morgan fingerprint density at radius 2 is 2.06 bits per heavy atom. The summed E-state index contributed by atoms with van der Waals surface area (Å²) in [4.78, 5) is 2.60. The second-order valence-corrected chi connectivity index (χ2v) is 6.01. The fourth-order valence-electron chi connectivity index (χ4n) is 2.26. The summed E-state index contributed by atoms with van der Waals surface area (Å²) in [6, 6.07) is 2.19. The van der Waals surface area contributed by atoms with Crippen molar-refractivity contribution in [2.45, 2.75) is 51.2 Å². The van der Waals surface area contributed by atoms with Gasteiger partial charge >= 0.3 is 6.18 Å². The minimum Gasteiger partial charge on any atom is -0.309 e. The number of aryl methyl sites for hydroxylation is 2. The molecule has 1 heterocycles. The molecule has 0 saturated heterocycles. The molecule has 0 aliphatic heterocycles. The second-order valence-electron chi connectivity index (χ2n) is 4.85. The van der Waals surface area contributed by atoms with E-state index in [1.165, 1.54) is 28.2 Å². The third-order valence-electron chi connectivity index (χ3n) is 3.30. The number of nitrogens with one attached hydrogen (secondary N) is 1. The number of alkyl halides is 3. The SMILES string of the molecule is CC(NCCC(F)(F)F)c1cc2c(s1)CCCC2. The Balaban J connectivity index is 1.89. The van der Waals surface area contributed by atoms with Gasteiger partial charge in [0, 0.05) is 22.3 Å². The molecule has 1 aliphatic carbocycles. The average Bonchev–Trinajstić information content (AvgIpc) is 2.70. The van der Waals surface area contributed by atoms with Gasteiger partial charge in [-0.1, -0.05) is 0 Å². The molecule has 1 N–H and O–H groups in total. The van der Waals surface area contributed by atoms with Crippen molar-refractivity contribution in [3.8, 4) is 0 Å². The van der Waals surface area contributed by atoms with Crippen LogP contribution in [0.15, 0.2) is 6.07 Å². The molecule has 1 aromatic heterocycles. The summed E-state index contributed by atoms with van der Waals surface area (Å²) in [6.07, 6.45) is -0.0951. The molecule has 0 fully saturated rings. The summed E-state index contributed by atoms with van der Waals surface area (Å²) in [6.45, 7) is 1.93. The van der Waals surface area contributed by atoms with E-state index in [4.69, 9.17) is 0 Å². The van der Waals surface area contributed by atoms with Crippen molar-refractivity contribution < 1.29 is 13.2 Å². The number of fused-ring (bicyclic) bond motifs is 1. The smallest absolute Gasteiger partial charge is 0.309 e. The lowest BCUT2D eigenvalue weighted by atomic mass is 9.99. The highest BCUT2D eigenvalue weighted by Gasteiger charge is 2.26. The Labute approximate surface area is 109 Å². The van der Waals surface area contributed by atoms with E-state index >= 15 is 0 Å². The van der Waals surface area contributed by atoms with Crippen molar-refractivity contribution in [1.29, 1.82) is 0 Å². The molecule has 1 atom stereocenters. The number of rotatable bonds is 4. The van der Waals surface area contributed by atoms with Crippen LogP contribution in [0.5, 0.6) is 0 Å². The molecular weight excluding hydrogens is 259 g/mol. The van der Waals surface area contributed by atoms with Gasteiger partial charge in [-0.15, -0.1) is 11.3 Å². The highest BCUT2D eigenvalue weighted by molar-refractivity contribution is 7.12. The van der Waals surface area contributed by atoms with E-state index in [2.05, 4.69) is 11.4 Å². The third kappa shape index (κ3) is 3.72. The summed E-state index contributed by atoms with van der Waals surface area (Å²) in [5.74, 6) is 0. The van der Waals surface area contributed by atoms with Crippen molar-refractivity contribution in [2.75, 3.05) is 6.54 Å². The Kier molecular flexibility index (Phi) is 4.33. The first-order chi connectivity index (χ1) is 8.46. The molecular formula is C13H18F3NS. The molecule has 0 amide bonds. The Morgan fingerprint density at radius 3 is 2.72 bits per heavy atom. The van der Waals surface area contributed by atoms with Gasteiger partial charge in [0.05, 0.1) is 6.42 Å². The standard InChI is InChI=1S/C13H18F3NS/c1-9(17-7-6-13(14,15)16)12-8-10-4-2-3-5-11(10)18-12/h8-9,17H,2-7H2,1H3. The van der Waals surface area contributed by atoms with Crippen LogP contribution in [0.3, 0.4) is 0 Å². The Bertz CT molecular complexity index is 374. The summed E-state index contributed by atoms with van der Waals surface area (Å²) in [7, 11) is 0. The monoisotopic (exact) mass is 277 g/mol. The van der Waals surface area contributed by atoms with Crippen LogP contribution >= 0.6 is 11.3 Å². The number of thiophene rings is 1. The molecule has 0 aromatic carbocycles. The Hall–Kier alpha value is -0.550. The zero-order valence-electron chi connectivity index (χ0n) is 10.4. The molecule has 5 heteroatoms. The predicted octanol–water partition coefficient (Wildman–Crippen LogP) is 4.23. The average molecular weight is 277 g/mol. The zero-order chi connectivity index (χ0) is 13.2. The minimum absolute atomic E-state index is 0.00671. The van der Waals surface area contributed by atoms with Gasteiger partial charge in [0.15, 0.2) is 0 Å². The zero-order valence-corrected chi connectivity index (χ0v) is 11.3. The molecule has 0 bridgehead atoms. The largest absolute Gasteiger partial charge is 0.390 e. The fourth-order valence-corrected chi connectivity index (χ4v) is 3.54. The highest BCUT2D eigenvalue weighted by Crippen LogP contribution is 2.32. The van der Waals surface area contributed by atoms with Crippen LogP contribution in [0.1, 0.15) is 47.5 Å². The topological polar surface area (TPSA) is 12.0 Å². The van der Waals surface area contributed by atoms with E-state index in [9.17, 15) is 13.2 Å². The first-order valence-corrected chi connectivity index (χ1v) is 7.19. The van der Waals surface area contributed by atoms with Crippen LogP contribution in [0.25, 0.3) is 0 Å². The minimum atomic E-state index is -4.07. The quantitative estimate of drug-likeness (QED) is 0.868. The number of hydrogen-bond donors (Lipinski definition) is 1. The van der Waals surface area contributed by atoms with Crippen molar-refractivity contribution in [2.24, 2.45) is 0 Å². The van der Waals surface area contributed by atoms with E-state index < -0.39 is 12.6 Å². The van der Waals surface area contributed by atoms with Gasteiger partial charge < -0.3 is 5.32 Å². The maximum absolute atomic E-state index is 12.1. The Morgan fingerprint density at radius 1 is 1.33 bits per heavy atom. The van der Waals surface area contributed by atoms with Crippen LogP contribution in [0.2, 0.25) is 0 Å². The van der Waals surface area contributed by atoms with E-state index in [1.54, 1.807) is 11.3 Å². The molecule has 0 saturated carbocycles. The lowest BCUT2D eigenvalue weighted by Crippen LogP contribution is -2.23. The van der Waals surface area contributed by atoms with Crippen LogP contribution in [0, 0.1) is 0 Å². The molecule has 18 heavy (non-hydrogen) atoms. The van der Waals surface area contributed by atoms with Crippen LogP contribution in [-0.2, 0) is 12.8 Å². The van der Waals surface area contributed by atoms with Crippen LogP contribution in [-0.4, -0.2) is 12.7 Å². The molecule has 102 valence electrons. The van der Waals surface area contributed by atoms with E-state index in [1.807, 2.05) is 6.92 Å². The lowest BCUT2D eigenvalue weighted by Gasteiger charge is -2.13. The van der Waals surface area contributed by atoms with Gasteiger partial charge in [-0.2, -0.15) is 13.2 Å². The normalized spacial score (nSPS) is 17.6. The van der Waals surface area contributed by atoms with E-state index in [-0.39, 0.29) is 12.6 Å². The van der Waals surface area contributed by atoms with Gasteiger partial charge in [0.25, 0.3) is 0 Å². The van der Waals surface area contributed by atoms with Crippen LogP contribution < -0.4 is 5.32 Å². The van der Waals surface area contributed by atoms with Gasteiger partial charge in [0.1, 0.15) is 0 Å². The van der Waals surface area contributed by atoms with Crippen molar-refractivity contribution in [3.05, 3.63) is 21.4 Å². The molecule has 0 spiro atoms. The summed E-state index contributed by atoms with van der Waals surface area (Å²) in [5, 5.41) is 2.96. The molecule has 1 nitrogen and oxygen atoms in total. The van der Waals surface area contributed by atoms with Gasteiger partial charge in [-0.3, -0.25) is 0 Å². The van der Waals surface area contributed by atoms with Crippen molar-refractivity contribution in [1.82, 2.24) is 5.32 Å². The molecule has 1 unspecified atom stereocenters. The van der Waals surface area contributed by atoms with Crippen molar-refractivity contribution >= 4 is 11.3 Å². The first-order valence-electron chi connectivity index (χ1n) is 6.37. The van der Waals surface area contributed by atoms with Gasteiger partial charge in [0.2, 0.25) is 0 Å². The molecule has 2 rings (SSSR count). The fraction of sp³-hybridized carbons (Fsp3) is 0.692. The van der Waals surface area contributed by atoms with Gasteiger partial charge in [-0.05, 0) is 44.2 Å². The number of halogens is 3. The molecule has 0 radical (unpaired) electrons. The summed E-state index contributed by atoms with van der Waals surface area (Å²) < 4.78 is 36.2. The third-order valence-corrected chi connectivity index (χ3v) is 4.72.